The third-order valence-electron chi connectivity index (χ3n) is 4.59. The molecule has 0 fully saturated rings. The normalized spacial score (nSPS) is 11.0. The maximum Gasteiger partial charge on any atom is 0.237 e. The van der Waals surface area contributed by atoms with Crippen molar-refractivity contribution in [3.8, 4) is 22.9 Å². The SMILES string of the molecule is CCCCn1c(SCc2nc(-c3ccc(OC)c(OC)c3)no2)nc(C)c1C. The molecule has 3 rings (SSSR count). The molecule has 0 spiro atoms. The van der Waals surface area contributed by atoms with Gasteiger partial charge < -0.3 is 18.6 Å². The first kappa shape index (κ1) is 20.3. The van der Waals surface area contributed by atoms with Crippen LogP contribution in [0.25, 0.3) is 11.4 Å². The summed E-state index contributed by atoms with van der Waals surface area (Å²) in [5, 5.41) is 5.10. The van der Waals surface area contributed by atoms with E-state index in [0.717, 1.165) is 35.8 Å². The van der Waals surface area contributed by atoms with E-state index < -0.39 is 0 Å². The number of rotatable bonds is 9. The molecule has 2 heterocycles. The zero-order valence-corrected chi connectivity index (χ0v) is 17.8. The summed E-state index contributed by atoms with van der Waals surface area (Å²) in [6, 6.07) is 5.55. The Morgan fingerprint density at radius 3 is 2.61 bits per heavy atom. The zero-order chi connectivity index (χ0) is 20.1. The predicted molar refractivity (Wildman–Crippen MR) is 109 cm³/mol. The smallest absolute Gasteiger partial charge is 0.237 e. The molecule has 0 atom stereocenters. The van der Waals surface area contributed by atoms with Gasteiger partial charge >= 0.3 is 0 Å². The maximum atomic E-state index is 5.44. The molecule has 0 N–H and O–H groups in total. The average Bonchev–Trinajstić information content (AvgIpc) is 3.29. The number of aryl methyl sites for hydroxylation is 1. The van der Waals surface area contributed by atoms with Gasteiger partial charge in [0.1, 0.15) is 0 Å². The van der Waals surface area contributed by atoms with Gasteiger partial charge in [0, 0.05) is 17.8 Å². The lowest BCUT2D eigenvalue weighted by Gasteiger charge is -2.08. The Kier molecular flexibility index (Phi) is 6.61. The van der Waals surface area contributed by atoms with Gasteiger partial charge in [-0.05, 0) is 38.5 Å². The summed E-state index contributed by atoms with van der Waals surface area (Å²) < 4.78 is 18.3. The highest BCUT2D eigenvalue weighted by molar-refractivity contribution is 7.98. The quantitative estimate of drug-likeness (QED) is 0.482. The number of ether oxygens (including phenoxy) is 2. The van der Waals surface area contributed by atoms with Crippen LogP contribution >= 0.6 is 11.8 Å². The van der Waals surface area contributed by atoms with E-state index in [1.807, 2.05) is 25.1 Å². The number of unbranched alkanes of at least 4 members (excludes halogenated alkanes) is 1. The Hall–Kier alpha value is -2.48. The van der Waals surface area contributed by atoms with Gasteiger partial charge in [-0.3, -0.25) is 0 Å². The second-order valence-corrected chi connectivity index (χ2v) is 7.38. The topological polar surface area (TPSA) is 75.2 Å². The molecule has 0 unspecified atom stereocenters. The second kappa shape index (κ2) is 9.14. The van der Waals surface area contributed by atoms with Crippen LogP contribution in [0.1, 0.15) is 37.0 Å². The summed E-state index contributed by atoms with van der Waals surface area (Å²) in [7, 11) is 3.21. The van der Waals surface area contributed by atoms with E-state index in [0.29, 0.717) is 29.0 Å². The fourth-order valence-electron chi connectivity index (χ4n) is 2.85. The number of imidazole rings is 1. The van der Waals surface area contributed by atoms with Crippen molar-refractivity contribution in [1.82, 2.24) is 19.7 Å². The number of thioether (sulfide) groups is 1. The van der Waals surface area contributed by atoms with Gasteiger partial charge in [0.15, 0.2) is 16.7 Å². The number of hydrogen-bond acceptors (Lipinski definition) is 7. The predicted octanol–water partition coefficient (Wildman–Crippen LogP) is 4.66. The Morgan fingerprint density at radius 1 is 1.11 bits per heavy atom. The van der Waals surface area contributed by atoms with Crippen molar-refractivity contribution in [1.29, 1.82) is 0 Å². The second-order valence-electron chi connectivity index (χ2n) is 6.44. The highest BCUT2D eigenvalue weighted by atomic mass is 32.2. The van der Waals surface area contributed by atoms with E-state index in [2.05, 4.69) is 28.6 Å². The third kappa shape index (κ3) is 4.32. The monoisotopic (exact) mass is 402 g/mol. The summed E-state index contributed by atoms with van der Waals surface area (Å²) in [6.07, 6.45) is 2.29. The molecule has 8 heteroatoms. The van der Waals surface area contributed by atoms with Crippen LogP contribution in [0.5, 0.6) is 11.5 Å². The van der Waals surface area contributed by atoms with Gasteiger partial charge in [-0.15, -0.1) is 0 Å². The Balaban J connectivity index is 1.73. The van der Waals surface area contributed by atoms with Crippen LogP contribution in [0.2, 0.25) is 0 Å². The number of benzene rings is 1. The van der Waals surface area contributed by atoms with Crippen molar-refractivity contribution in [2.45, 2.75) is 51.1 Å². The summed E-state index contributed by atoms with van der Waals surface area (Å²) in [6.45, 7) is 7.33. The van der Waals surface area contributed by atoms with Crippen LogP contribution in [0.4, 0.5) is 0 Å². The molecule has 0 radical (unpaired) electrons. The highest BCUT2D eigenvalue weighted by Gasteiger charge is 2.15. The van der Waals surface area contributed by atoms with Crippen molar-refractivity contribution in [3.05, 3.63) is 35.5 Å². The Morgan fingerprint density at radius 2 is 1.89 bits per heavy atom. The van der Waals surface area contributed by atoms with E-state index in [1.165, 1.54) is 5.69 Å². The molecule has 28 heavy (non-hydrogen) atoms. The molecular weight excluding hydrogens is 376 g/mol. The maximum absolute atomic E-state index is 5.44. The summed E-state index contributed by atoms with van der Waals surface area (Å²) in [5.41, 5.74) is 3.09. The van der Waals surface area contributed by atoms with Gasteiger partial charge in [0.25, 0.3) is 0 Å². The van der Waals surface area contributed by atoms with Crippen molar-refractivity contribution in [2.24, 2.45) is 0 Å². The molecule has 3 aromatic rings. The Bertz CT molecular complexity index is 936. The lowest BCUT2D eigenvalue weighted by atomic mass is 10.2. The molecule has 2 aromatic heterocycles. The van der Waals surface area contributed by atoms with Crippen LogP contribution in [-0.2, 0) is 12.3 Å². The van der Waals surface area contributed by atoms with Crippen LogP contribution in [0.3, 0.4) is 0 Å². The van der Waals surface area contributed by atoms with Gasteiger partial charge in [-0.1, -0.05) is 30.3 Å². The minimum absolute atomic E-state index is 0.526. The first-order valence-electron chi connectivity index (χ1n) is 9.28. The molecule has 0 aliphatic heterocycles. The molecule has 7 nitrogen and oxygen atoms in total. The van der Waals surface area contributed by atoms with Crippen molar-refractivity contribution in [3.63, 3.8) is 0 Å². The number of nitrogens with zero attached hydrogens (tertiary/aromatic N) is 4. The molecule has 0 aliphatic rings. The fourth-order valence-corrected chi connectivity index (χ4v) is 3.80. The minimum atomic E-state index is 0.526. The molecule has 150 valence electrons. The van der Waals surface area contributed by atoms with Crippen LogP contribution in [0, 0.1) is 13.8 Å². The van der Waals surface area contributed by atoms with Gasteiger partial charge in [-0.2, -0.15) is 4.98 Å². The zero-order valence-electron chi connectivity index (χ0n) is 17.0. The van der Waals surface area contributed by atoms with E-state index in [1.54, 1.807) is 26.0 Å². The van der Waals surface area contributed by atoms with Crippen molar-refractivity contribution < 1.29 is 14.0 Å². The van der Waals surface area contributed by atoms with Crippen LogP contribution < -0.4 is 9.47 Å². The number of hydrogen-bond donors (Lipinski definition) is 0. The number of aromatic nitrogens is 4. The standard InChI is InChI=1S/C20H26N4O3S/c1-6-7-10-24-14(3)13(2)21-20(24)28-12-18-22-19(23-27-18)15-8-9-16(25-4)17(11-15)26-5/h8-9,11H,6-7,10,12H2,1-5H3. The molecule has 0 saturated carbocycles. The van der Waals surface area contributed by atoms with E-state index in [9.17, 15) is 0 Å². The molecule has 0 aliphatic carbocycles. The average molecular weight is 403 g/mol. The molecule has 1 aromatic carbocycles. The highest BCUT2D eigenvalue weighted by Crippen LogP contribution is 2.32. The Labute approximate surface area is 169 Å². The molecule has 0 amide bonds. The molecule has 0 saturated heterocycles. The summed E-state index contributed by atoms with van der Waals surface area (Å²) >= 11 is 1.62. The van der Waals surface area contributed by atoms with E-state index in [-0.39, 0.29) is 0 Å². The molecule has 0 bridgehead atoms. The third-order valence-corrected chi connectivity index (χ3v) is 5.55. The van der Waals surface area contributed by atoms with E-state index in [4.69, 9.17) is 19.0 Å². The van der Waals surface area contributed by atoms with Gasteiger partial charge in [0.2, 0.25) is 11.7 Å². The van der Waals surface area contributed by atoms with Crippen LogP contribution in [-0.4, -0.2) is 33.9 Å². The van der Waals surface area contributed by atoms with E-state index >= 15 is 0 Å². The largest absolute Gasteiger partial charge is 0.493 e. The lowest BCUT2D eigenvalue weighted by molar-refractivity contribution is 0.355. The fraction of sp³-hybridized carbons (Fsp3) is 0.450. The first-order valence-corrected chi connectivity index (χ1v) is 10.3. The minimum Gasteiger partial charge on any atom is -0.493 e. The van der Waals surface area contributed by atoms with Crippen molar-refractivity contribution >= 4 is 11.8 Å². The van der Waals surface area contributed by atoms with Gasteiger partial charge in [-0.25, -0.2) is 4.98 Å². The number of methoxy groups -OCH3 is 2. The van der Waals surface area contributed by atoms with Gasteiger partial charge in [0.05, 0.1) is 25.7 Å². The lowest BCUT2D eigenvalue weighted by Crippen LogP contribution is -2.02. The summed E-state index contributed by atoms with van der Waals surface area (Å²) in [4.78, 5) is 9.21. The first-order chi connectivity index (χ1) is 13.6. The van der Waals surface area contributed by atoms with Crippen LogP contribution in [0.15, 0.2) is 27.9 Å². The van der Waals surface area contributed by atoms with Crippen molar-refractivity contribution in [2.75, 3.05) is 14.2 Å². The summed E-state index contributed by atoms with van der Waals surface area (Å²) in [5.74, 6) is 2.95. The molecular formula is C20H26N4O3S.